The summed E-state index contributed by atoms with van der Waals surface area (Å²) in [6, 6.07) is 2.01. The first-order valence-electron chi connectivity index (χ1n) is 7.63. The molecule has 2 aromatic heterocycles. The van der Waals surface area contributed by atoms with Crippen molar-refractivity contribution in [3.8, 4) is 0 Å². The predicted molar refractivity (Wildman–Crippen MR) is 81.0 cm³/mol. The number of carbonyl (C=O) groups is 1. The lowest BCUT2D eigenvalue weighted by Gasteiger charge is -2.35. The first kappa shape index (κ1) is 14.5. The molecule has 1 aliphatic rings. The Morgan fingerprint density at radius 1 is 1.36 bits per heavy atom. The Bertz CT molecular complexity index is 585. The van der Waals surface area contributed by atoms with Gasteiger partial charge in [-0.15, -0.1) is 0 Å². The normalized spacial score (nSPS) is 18.2. The second kappa shape index (κ2) is 7.02. The molecule has 1 atom stereocenters. The van der Waals surface area contributed by atoms with Gasteiger partial charge < -0.3 is 10.2 Å². The fourth-order valence-corrected chi connectivity index (χ4v) is 2.81. The maximum atomic E-state index is 12.4. The topological polar surface area (TPSA) is 86.8 Å². The number of nitrogens with one attached hydrogen (secondary N) is 2. The molecule has 0 saturated carbocycles. The maximum Gasteiger partial charge on any atom is 0.317 e. The van der Waals surface area contributed by atoms with Crippen molar-refractivity contribution in [2.45, 2.75) is 31.7 Å². The molecular formula is C15H20N6O. The Hall–Kier alpha value is -2.44. The van der Waals surface area contributed by atoms with Crippen LogP contribution in [-0.4, -0.2) is 44.2 Å². The van der Waals surface area contributed by atoms with Crippen molar-refractivity contribution in [1.29, 1.82) is 0 Å². The van der Waals surface area contributed by atoms with E-state index in [4.69, 9.17) is 0 Å². The summed E-state index contributed by atoms with van der Waals surface area (Å²) in [5, 5.41) is 9.96. The SMILES string of the molecule is O=C(NCCc1cnccn1)N1CCCCC1c1ccn[nH]1. The van der Waals surface area contributed by atoms with Gasteiger partial charge in [-0.3, -0.25) is 15.1 Å². The van der Waals surface area contributed by atoms with Crippen molar-refractivity contribution < 1.29 is 4.79 Å². The van der Waals surface area contributed by atoms with E-state index in [0.717, 1.165) is 37.2 Å². The Balaban J connectivity index is 1.56. The smallest absolute Gasteiger partial charge is 0.317 e. The first-order chi connectivity index (χ1) is 10.8. The van der Waals surface area contributed by atoms with Crippen LogP contribution in [0.25, 0.3) is 0 Å². The standard InChI is InChI=1S/C15H20N6O/c22-15(18-6-4-12-11-16-8-9-17-12)21-10-2-1-3-14(21)13-5-7-19-20-13/h5,7-9,11,14H,1-4,6,10H2,(H,18,22)(H,19,20). The summed E-state index contributed by atoms with van der Waals surface area (Å²) in [5.41, 5.74) is 1.88. The number of hydrogen-bond donors (Lipinski definition) is 2. The van der Waals surface area contributed by atoms with Gasteiger partial charge in [0, 0.05) is 44.3 Å². The first-order valence-corrected chi connectivity index (χ1v) is 7.63. The van der Waals surface area contributed by atoms with E-state index >= 15 is 0 Å². The van der Waals surface area contributed by atoms with Gasteiger partial charge in [0.25, 0.3) is 0 Å². The lowest BCUT2D eigenvalue weighted by Crippen LogP contribution is -2.45. The second-order valence-electron chi connectivity index (χ2n) is 5.40. The number of rotatable bonds is 4. The zero-order valence-electron chi connectivity index (χ0n) is 12.4. The number of hydrogen-bond acceptors (Lipinski definition) is 4. The molecule has 116 valence electrons. The van der Waals surface area contributed by atoms with Gasteiger partial charge in [-0.1, -0.05) is 0 Å². The maximum absolute atomic E-state index is 12.4. The molecule has 2 amide bonds. The van der Waals surface area contributed by atoms with Crippen molar-refractivity contribution in [2.75, 3.05) is 13.1 Å². The molecule has 7 nitrogen and oxygen atoms in total. The Morgan fingerprint density at radius 3 is 3.09 bits per heavy atom. The number of urea groups is 1. The number of nitrogens with zero attached hydrogens (tertiary/aromatic N) is 4. The van der Waals surface area contributed by atoms with E-state index in [9.17, 15) is 4.79 Å². The van der Waals surface area contributed by atoms with E-state index < -0.39 is 0 Å². The van der Waals surface area contributed by atoms with Crippen LogP contribution in [0.4, 0.5) is 4.79 Å². The largest absolute Gasteiger partial charge is 0.338 e. The van der Waals surface area contributed by atoms with E-state index in [0.29, 0.717) is 13.0 Å². The number of likely N-dealkylation sites (tertiary alicyclic amines) is 1. The van der Waals surface area contributed by atoms with Crippen LogP contribution < -0.4 is 5.32 Å². The molecule has 1 unspecified atom stereocenters. The highest BCUT2D eigenvalue weighted by Crippen LogP contribution is 2.29. The van der Waals surface area contributed by atoms with Crippen molar-refractivity contribution in [3.05, 3.63) is 42.2 Å². The van der Waals surface area contributed by atoms with Gasteiger partial charge in [0.15, 0.2) is 0 Å². The highest BCUT2D eigenvalue weighted by atomic mass is 16.2. The van der Waals surface area contributed by atoms with E-state index in [2.05, 4.69) is 25.5 Å². The summed E-state index contributed by atoms with van der Waals surface area (Å²) in [4.78, 5) is 22.6. The number of amides is 2. The molecule has 22 heavy (non-hydrogen) atoms. The minimum absolute atomic E-state index is 0.0248. The van der Waals surface area contributed by atoms with E-state index in [-0.39, 0.29) is 12.1 Å². The van der Waals surface area contributed by atoms with Crippen LogP contribution in [-0.2, 0) is 6.42 Å². The van der Waals surface area contributed by atoms with Gasteiger partial charge >= 0.3 is 6.03 Å². The fourth-order valence-electron chi connectivity index (χ4n) is 2.81. The number of H-pyrrole nitrogens is 1. The van der Waals surface area contributed by atoms with Gasteiger partial charge in [-0.2, -0.15) is 5.10 Å². The fraction of sp³-hybridized carbons (Fsp3) is 0.467. The summed E-state index contributed by atoms with van der Waals surface area (Å²) in [6.45, 7) is 1.34. The molecule has 3 heterocycles. The Kier molecular flexibility index (Phi) is 4.62. The van der Waals surface area contributed by atoms with Gasteiger partial charge in [0.05, 0.1) is 17.4 Å². The molecule has 2 N–H and O–H groups in total. The lowest BCUT2D eigenvalue weighted by molar-refractivity contribution is 0.150. The van der Waals surface area contributed by atoms with Crippen LogP contribution in [0.1, 0.15) is 36.7 Å². The lowest BCUT2D eigenvalue weighted by atomic mass is 10.00. The van der Waals surface area contributed by atoms with Crippen LogP contribution in [0, 0.1) is 0 Å². The highest BCUT2D eigenvalue weighted by Gasteiger charge is 2.28. The van der Waals surface area contributed by atoms with Crippen LogP contribution in [0.15, 0.2) is 30.9 Å². The third-order valence-corrected chi connectivity index (χ3v) is 3.92. The molecule has 0 bridgehead atoms. The van der Waals surface area contributed by atoms with Gasteiger partial charge in [0.1, 0.15) is 0 Å². The van der Waals surface area contributed by atoms with Crippen molar-refractivity contribution in [1.82, 2.24) is 30.4 Å². The molecule has 0 spiro atoms. The number of aromatic nitrogens is 4. The summed E-state index contributed by atoms with van der Waals surface area (Å²) in [6.07, 6.45) is 10.6. The zero-order chi connectivity index (χ0) is 15.2. The summed E-state index contributed by atoms with van der Waals surface area (Å²) in [7, 11) is 0. The van der Waals surface area contributed by atoms with E-state index in [1.165, 1.54) is 0 Å². The third kappa shape index (κ3) is 3.41. The minimum Gasteiger partial charge on any atom is -0.338 e. The predicted octanol–water partition coefficient (Wildman–Crippen LogP) is 1.68. The average Bonchev–Trinajstić information content (AvgIpc) is 3.10. The number of aromatic amines is 1. The number of carbonyl (C=O) groups excluding carboxylic acids is 1. The van der Waals surface area contributed by atoms with Gasteiger partial charge in [-0.25, -0.2) is 4.79 Å². The molecule has 0 aliphatic carbocycles. The molecule has 1 aliphatic heterocycles. The molecule has 0 aromatic carbocycles. The van der Waals surface area contributed by atoms with Crippen LogP contribution >= 0.6 is 0 Å². The van der Waals surface area contributed by atoms with Crippen molar-refractivity contribution in [2.24, 2.45) is 0 Å². The molecule has 1 saturated heterocycles. The minimum atomic E-state index is -0.0248. The second-order valence-corrected chi connectivity index (χ2v) is 5.40. The van der Waals surface area contributed by atoms with Crippen molar-refractivity contribution in [3.63, 3.8) is 0 Å². The summed E-state index contributed by atoms with van der Waals surface area (Å²) < 4.78 is 0. The summed E-state index contributed by atoms with van der Waals surface area (Å²) >= 11 is 0. The van der Waals surface area contributed by atoms with Crippen LogP contribution in [0.5, 0.6) is 0 Å². The zero-order valence-corrected chi connectivity index (χ0v) is 12.4. The third-order valence-electron chi connectivity index (χ3n) is 3.92. The highest BCUT2D eigenvalue weighted by molar-refractivity contribution is 5.74. The van der Waals surface area contributed by atoms with Crippen LogP contribution in [0.3, 0.4) is 0 Å². The van der Waals surface area contributed by atoms with E-state index in [1.54, 1.807) is 24.8 Å². The molecule has 0 radical (unpaired) electrons. The van der Waals surface area contributed by atoms with Crippen LogP contribution in [0.2, 0.25) is 0 Å². The summed E-state index contributed by atoms with van der Waals surface area (Å²) in [5.74, 6) is 0. The van der Waals surface area contributed by atoms with E-state index in [1.807, 2.05) is 11.0 Å². The molecular weight excluding hydrogens is 280 g/mol. The Labute approximate surface area is 129 Å². The van der Waals surface area contributed by atoms with Gasteiger partial charge in [-0.05, 0) is 25.3 Å². The van der Waals surface area contributed by atoms with Gasteiger partial charge in [0.2, 0.25) is 0 Å². The number of piperidine rings is 1. The molecule has 1 fully saturated rings. The monoisotopic (exact) mass is 300 g/mol. The average molecular weight is 300 g/mol. The molecule has 3 rings (SSSR count). The molecule has 7 heteroatoms. The molecule has 2 aromatic rings. The Morgan fingerprint density at radius 2 is 2.32 bits per heavy atom. The van der Waals surface area contributed by atoms with Crippen molar-refractivity contribution >= 4 is 6.03 Å². The quantitative estimate of drug-likeness (QED) is 0.899.